The van der Waals surface area contributed by atoms with E-state index in [4.69, 9.17) is 4.42 Å². The van der Waals surface area contributed by atoms with Gasteiger partial charge in [0.25, 0.3) is 5.91 Å². The number of hydrogen-bond donors (Lipinski definition) is 2. The number of carbonyl (C=O) groups excluding carboxylic acids is 2. The van der Waals surface area contributed by atoms with Crippen molar-refractivity contribution in [1.29, 1.82) is 0 Å². The van der Waals surface area contributed by atoms with E-state index in [1.54, 1.807) is 18.4 Å². The molecule has 6 nitrogen and oxygen atoms in total. The molecule has 0 unspecified atom stereocenters. The van der Waals surface area contributed by atoms with Crippen molar-refractivity contribution in [3.63, 3.8) is 0 Å². The van der Waals surface area contributed by atoms with Gasteiger partial charge in [-0.2, -0.15) is 0 Å². The van der Waals surface area contributed by atoms with Gasteiger partial charge in [-0.1, -0.05) is 12.1 Å². The first-order valence-corrected chi connectivity index (χ1v) is 9.48. The molecule has 1 aromatic carbocycles. The normalized spacial score (nSPS) is 15.6. The van der Waals surface area contributed by atoms with E-state index in [1.165, 1.54) is 0 Å². The third-order valence-electron chi connectivity index (χ3n) is 4.45. The maximum absolute atomic E-state index is 12.4. The van der Waals surface area contributed by atoms with Crippen molar-refractivity contribution in [2.24, 2.45) is 0 Å². The number of likely N-dealkylation sites (tertiary alicyclic amines) is 1. The largest absolute Gasteiger partial charge is 0.467 e. The van der Waals surface area contributed by atoms with E-state index < -0.39 is 0 Å². The second kappa shape index (κ2) is 9.00. The fourth-order valence-electron chi connectivity index (χ4n) is 3.00. The van der Waals surface area contributed by atoms with Gasteiger partial charge in [-0.3, -0.25) is 14.5 Å². The Balaban J connectivity index is 1.39. The predicted molar refractivity (Wildman–Crippen MR) is 102 cm³/mol. The van der Waals surface area contributed by atoms with Crippen LogP contribution in [0.3, 0.4) is 0 Å². The van der Waals surface area contributed by atoms with Crippen LogP contribution in [-0.4, -0.2) is 42.4 Å². The zero-order valence-corrected chi connectivity index (χ0v) is 16.0. The van der Waals surface area contributed by atoms with E-state index in [1.807, 2.05) is 24.3 Å². The Morgan fingerprint density at radius 2 is 1.92 bits per heavy atom. The summed E-state index contributed by atoms with van der Waals surface area (Å²) in [5, 5.41) is 5.94. The van der Waals surface area contributed by atoms with Crippen molar-refractivity contribution >= 4 is 27.7 Å². The molecule has 1 aromatic heterocycles. The molecule has 1 aliphatic heterocycles. The van der Waals surface area contributed by atoms with Gasteiger partial charge in [-0.05, 0) is 53.0 Å². The highest BCUT2D eigenvalue weighted by Gasteiger charge is 2.23. The van der Waals surface area contributed by atoms with Crippen molar-refractivity contribution in [1.82, 2.24) is 15.5 Å². The molecule has 0 radical (unpaired) electrons. The highest BCUT2D eigenvalue weighted by molar-refractivity contribution is 9.10. The summed E-state index contributed by atoms with van der Waals surface area (Å²) in [4.78, 5) is 26.5. The molecule has 1 fully saturated rings. The van der Waals surface area contributed by atoms with Crippen LogP contribution in [0.2, 0.25) is 0 Å². The maximum atomic E-state index is 12.4. The van der Waals surface area contributed by atoms with Crippen LogP contribution in [-0.2, 0) is 11.3 Å². The summed E-state index contributed by atoms with van der Waals surface area (Å²) in [6.07, 6.45) is 3.26. The summed E-state index contributed by atoms with van der Waals surface area (Å²) >= 11 is 3.41. The molecule has 2 aromatic rings. The van der Waals surface area contributed by atoms with Crippen LogP contribution < -0.4 is 10.6 Å². The fourth-order valence-corrected chi connectivity index (χ4v) is 3.47. The molecule has 2 amide bonds. The van der Waals surface area contributed by atoms with E-state index in [9.17, 15) is 9.59 Å². The van der Waals surface area contributed by atoms with Crippen LogP contribution in [0.1, 0.15) is 29.0 Å². The summed E-state index contributed by atoms with van der Waals surface area (Å²) < 4.78 is 5.99. The molecule has 1 saturated heterocycles. The first-order valence-electron chi connectivity index (χ1n) is 8.68. The van der Waals surface area contributed by atoms with Gasteiger partial charge >= 0.3 is 0 Å². The Kier molecular flexibility index (Phi) is 6.46. The summed E-state index contributed by atoms with van der Waals surface area (Å²) in [6, 6.07) is 11.2. The fraction of sp³-hybridized carbons (Fsp3) is 0.368. The van der Waals surface area contributed by atoms with Crippen molar-refractivity contribution < 1.29 is 14.0 Å². The van der Waals surface area contributed by atoms with E-state index in [0.29, 0.717) is 18.7 Å². The van der Waals surface area contributed by atoms with Crippen LogP contribution in [0.25, 0.3) is 0 Å². The lowest BCUT2D eigenvalue weighted by Crippen LogP contribution is -2.47. The Morgan fingerprint density at radius 3 is 2.62 bits per heavy atom. The average Bonchev–Trinajstić information content (AvgIpc) is 3.15. The van der Waals surface area contributed by atoms with Gasteiger partial charge in [0.2, 0.25) is 5.91 Å². The molecule has 26 heavy (non-hydrogen) atoms. The molecule has 0 atom stereocenters. The summed E-state index contributed by atoms with van der Waals surface area (Å²) in [5.74, 6) is 0.663. The number of carbonyl (C=O) groups is 2. The van der Waals surface area contributed by atoms with Crippen LogP contribution in [0.15, 0.2) is 51.6 Å². The number of nitrogens with zero attached hydrogens (tertiary/aromatic N) is 1. The van der Waals surface area contributed by atoms with Gasteiger partial charge < -0.3 is 15.1 Å². The lowest BCUT2D eigenvalue weighted by atomic mass is 10.0. The third kappa shape index (κ3) is 5.19. The van der Waals surface area contributed by atoms with Gasteiger partial charge in [0.15, 0.2) is 0 Å². The standard InChI is InChI=1S/C19H22BrN3O3/c20-17-6-2-1-5-16(17)19(25)22-14-7-9-23(10-8-14)13-18(24)21-12-15-4-3-11-26-15/h1-6,11,14H,7-10,12-13H2,(H,21,24)(H,22,25). The molecule has 0 saturated carbocycles. The monoisotopic (exact) mass is 419 g/mol. The summed E-state index contributed by atoms with van der Waals surface area (Å²) in [7, 11) is 0. The zero-order valence-electron chi connectivity index (χ0n) is 14.4. The molecular weight excluding hydrogens is 398 g/mol. The van der Waals surface area contributed by atoms with Gasteiger partial charge in [-0.25, -0.2) is 0 Å². The van der Waals surface area contributed by atoms with Crippen LogP contribution in [0.5, 0.6) is 0 Å². The lowest BCUT2D eigenvalue weighted by molar-refractivity contribution is -0.122. The topological polar surface area (TPSA) is 74.6 Å². The van der Waals surface area contributed by atoms with Crippen molar-refractivity contribution in [3.05, 3.63) is 58.5 Å². The van der Waals surface area contributed by atoms with E-state index >= 15 is 0 Å². The highest BCUT2D eigenvalue weighted by atomic mass is 79.9. The number of amides is 2. The van der Waals surface area contributed by atoms with Gasteiger partial charge in [-0.15, -0.1) is 0 Å². The molecule has 3 rings (SSSR count). The number of nitrogens with one attached hydrogen (secondary N) is 2. The number of furan rings is 1. The zero-order chi connectivity index (χ0) is 18.4. The van der Waals surface area contributed by atoms with Gasteiger partial charge in [0.1, 0.15) is 5.76 Å². The molecule has 7 heteroatoms. The molecule has 0 spiro atoms. The SMILES string of the molecule is O=C(CN1CCC(NC(=O)c2ccccc2Br)CC1)NCc1ccco1. The molecule has 0 bridgehead atoms. The van der Waals surface area contributed by atoms with Crippen molar-refractivity contribution in [2.75, 3.05) is 19.6 Å². The molecular formula is C19H22BrN3O3. The quantitative estimate of drug-likeness (QED) is 0.754. The Hall–Kier alpha value is -2.12. The highest BCUT2D eigenvalue weighted by Crippen LogP contribution is 2.17. The molecule has 2 N–H and O–H groups in total. The smallest absolute Gasteiger partial charge is 0.252 e. The third-order valence-corrected chi connectivity index (χ3v) is 5.14. The molecule has 2 heterocycles. The second-order valence-corrected chi connectivity index (χ2v) is 7.21. The number of hydrogen-bond acceptors (Lipinski definition) is 4. The van der Waals surface area contributed by atoms with Crippen molar-refractivity contribution in [2.45, 2.75) is 25.4 Å². The van der Waals surface area contributed by atoms with Crippen LogP contribution in [0.4, 0.5) is 0 Å². The predicted octanol–water partition coefficient (Wildman–Crippen LogP) is 2.55. The van der Waals surface area contributed by atoms with E-state index in [0.717, 1.165) is 36.2 Å². The van der Waals surface area contributed by atoms with Gasteiger partial charge in [0, 0.05) is 23.6 Å². The van der Waals surface area contributed by atoms with Crippen LogP contribution in [0, 0.1) is 0 Å². The number of benzene rings is 1. The molecule has 138 valence electrons. The van der Waals surface area contributed by atoms with Crippen LogP contribution >= 0.6 is 15.9 Å². The van der Waals surface area contributed by atoms with E-state index in [2.05, 4.69) is 31.5 Å². The number of rotatable bonds is 6. The van der Waals surface area contributed by atoms with E-state index in [-0.39, 0.29) is 17.9 Å². The summed E-state index contributed by atoms with van der Waals surface area (Å²) in [6.45, 7) is 2.35. The first-order chi connectivity index (χ1) is 12.6. The minimum atomic E-state index is -0.0629. The average molecular weight is 420 g/mol. The number of halogens is 1. The van der Waals surface area contributed by atoms with Gasteiger partial charge in [0.05, 0.1) is 24.9 Å². The Labute approximate surface area is 161 Å². The second-order valence-electron chi connectivity index (χ2n) is 6.36. The Bertz CT molecular complexity index is 740. The maximum Gasteiger partial charge on any atom is 0.252 e. The first kappa shape index (κ1) is 18.7. The molecule has 1 aliphatic rings. The lowest BCUT2D eigenvalue weighted by Gasteiger charge is -2.31. The minimum absolute atomic E-state index is 0.0166. The molecule has 0 aliphatic carbocycles. The number of piperidine rings is 1. The summed E-state index contributed by atoms with van der Waals surface area (Å²) in [5.41, 5.74) is 0.646. The minimum Gasteiger partial charge on any atom is -0.467 e. The Morgan fingerprint density at radius 1 is 1.15 bits per heavy atom. The van der Waals surface area contributed by atoms with Crippen molar-refractivity contribution in [3.8, 4) is 0 Å².